The molecule has 1 fully saturated rings. The summed E-state index contributed by atoms with van der Waals surface area (Å²) in [6.07, 6.45) is 1.57. The lowest BCUT2D eigenvalue weighted by Crippen LogP contribution is -2.43. The van der Waals surface area contributed by atoms with E-state index in [0.717, 1.165) is 16.5 Å². The van der Waals surface area contributed by atoms with Gasteiger partial charge in [-0.25, -0.2) is 14.6 Å². The van der Waals surface area contributed by atoms with Crippen LogP contribution in [0.25, 0.3) is 21.9 Å². The lowest BCUT2D eigenvalue weighted by atomic mass is 10.1. The van der Waals surface area contributed by atoms with Crippen molar-refractivity contribution >= 4 is 35.6 Å². The Morgan fingerprint density at radius 3 is 2.92 bits per heavy atom. The number of rotatable bonds is 9. The van der Waals surface area contributed by atoms with Gasteiger partial charge in [0.1, 0.15) is 29.9 Å². The lowest BCUT2D eigenvalue weighted by molar-refractivity contribution is -0.122. The molecule has 6 N–H and O–H groups in total. The number of aromatic nitrogens is 4. The van der Waals surface area contributed by atoms with E-state index in [1.54, 1.807) is 29.2 Å². The van der Waals surface area contributed by atoms with E-state index in [4.69, 9.17) is 9.26 Å². The molecule has 1 aromatic carbocycles. The number of nitrogens with one attached hydrogen (secondary N) is 3. The zero-order valence-corrected chi connectivity index (χ0v) is 20.7. The minimum Gasteiger partial charge on any atom is -0.387 e. The molecule has 37 heavy (non-hydrogen) atoms. The van der Waals surface area contributed by atoms with Crippen LogP contribution in [-0.2, 0) is 25.0 Å². The molecule has 1 amide bonds. The minimum absolute atomic E-state index is 0.115. The van der Waals surface area contributed by atoms with Gasteiger partial charge in [0.2, 0.25) is 5.91 Å². The molecule has 14 heteroatoms. The van der Waals surface area contributed by atoms with Gasteiger partial charge in [-0.1, -0.05) is 18.2 Å². The molecule has 4 aromatic rings. The molecule has 6 atom stereocenters. The summed E-state index contributed by atoms with van der Waals surface area (Å²) in [6, 6.07) is 8.11. The summed E-state index contributed by atoms with van der Waals surface area (Å²) in [5.74, 6) is -0.503. The number of pyridine rings is 1. The van der Waals surface area contributed by atoms with Crippen LogP contribution < -0.4 is 10.4 Å². The average Bonchev–Trinajstić information content (AvgIpc) is 3.58. The number of para-hydroxylation sites is 1. The van der Waals surface area contributed by atoms with Crippen molar-refractivity contribution in [3.8, 4) is 0 Å². The van der Waals surface area contributed by atoms with Crippen LogP contribution in [0.1, 0.15) is 11.8 Å². The van der Waals surface area contributed by atoms with Crippen LogP contribution >= 0.6 is 7.75 Å². The first kappa shape index (κ1) is 25.5. The smallest absolute Gasteiger partial charge is 0.387 e. The Morgan fingerprint density at radius 1 is 1.30 bits per heavy atom. The number of hydrogen-bond donors (Lipinski definition) is 6. The van der Waals surface area contributed by atoms with E-state index in [0.29, 0.717) is 11.0 Å². The number of carbonyl (C=O) groups is 1. The Hall–Kier alpha value is -3.16. The van der Waals surface area contributed by atoms with Gasteiger partial charge in [-0.2, -0.15) is 0 Å². The monoisotopic (exact) mass is 530 g/mol. The van der Waals surface area contributed by atoms with Gasteiger partial charge in [0.05, 0.1) is 24.6 Å². The molecule has 1 aliphatic rings. The minimum atomic E-state index is -4.53. The maximum atomic E-state index is 12.9. The second-order valence-corrected chi connectivity index (χ2v) is 10.3. The van der Waals surface area contributed by atoms with Crippen LogP contribution in [0.3, 0.4) is 0 Å². The fraction of sp³-hybridized carbons (Fsp3) is 0.348. The number of imidazole rings is 1. The number of amides is 1. The van der Waals surface area contributed by atoms with Gasteiger partial charge in [0, 0.05) is 30.3 Å². The summed E-state index contributed by atoms with van der Waals surface area (Å²) in [5.41, 5.74) is 2.86. The molecule has 0 spiro atoms. The molecule has 6 unspecified atom stereocenters. The quantitative estimate of drug-likeness (QED) is 0.168. The van der Waals surface area contributed by atoms with Crippen LogP contribution in [0.4, 0.5) is 0 Å². The second kappa shape index (κ2) is 10.3. The van der Waals surface area contributed by atoms with E-state index >= 15 is 0 Å². The first-order chi connectivity index (χ1) is 17.8. The Bertz CT molecular complexity index is 1460. The number of aromatic amines is 1. The van der Waals surface area contributed by atoms with Crippen LogP contribution in [0.15, 0.2) is 55.2 Å². The van der Waals surface area contributed by atoms with Crippen LogP contribution in [0, 0.1) is 0 Å². The van der Waals surface area contributed by atoms with Crippen LogP contribution in [0.2, 0.25) is 0 Å². The van der Waals surface area contributed by atoms with Gasteiger partial charge in [-0.3, -0.25) is 14.3 Å². The summed E-state index contributed by atoms with van der Waals surface area (Å²) in [7, 11) is -3.11. The number of hydrogen-bond acceptors (Lipinski definition) is 8. The number of aliphatic hydroxyl groups excluding tert-OH is 2. The fourth-order valence-corrected chi connectivity index (χ4v) is 5.51. The Balaban J connectivity index is 1.26. The maximum Gasteiger partial charge on any atom is 0.403 e. The molecule has 1 saturated heterocycles. The van der Waals surface area contributed by atoms with E-state index in [1.165, 1.54) is 13.4 Å². The number of aliphatic hydroxyl groups is 2. The van der Waals surface area contributed by atoms with Crippen molar-refractivity contribution in [1.29, 1.82) is 0 Å². The molecule has 0 radical (unpaired) electrons. The van der Waals surface area contributed by atoms with Crippen LogP contribution in [-0.4, -0.2) is 78.5 Å². The molecule has 0 aliphatic carbocycles. The SMILES string of the molecule is CNC(=O)C(Cc1c[nH]c2ccccc12)NP(=O)(O)OCC1OC(n2cnc3cnccc32)C(O)C1O. The number of ether oxygens (including phenoxy) is 1. The van der Waals surface area contributed by atoms with E-state index in [2.05, 4.69) is 25.4 Å². The van der Waals surface area contributed by atoms with Crippen molar-refractivity contribution in [1.82, 2.24) is 29.9 Å². The summed E-state index contributed by atoms with van der Waals surface area (Å²) >= 11 is 0. The van der Waals surface area contributed by atoms with E-state index in [1.807, 2.05) is 24.3 Å². The largest absolute Gasteiger partial charge is 0.403 e. The first-order valence-corrected chi connectivity index (χ1v) is 13.1. The topological polar surface area (TPSA) is 184 Å². The number of benzene rings is 1. The number of H-pyrrole nitrogens is 1. The molecule has 13 nitrogen and oxygen atoms in total. The number of fused-ring (bicyclic) bond motifs is 2. The highest BCUT2D eigenvalue weighted by Crippen LogP contribution is 2.40. The van der Waals surface area contributed by atoms with E-state index < -0.39 is 50.8 Å². The highest BCUT2D eigenvalue weighted by atomic mass is 31.2. The third-order valence-electron chi connectivity index (χ3n) is 6.38. The molecule has 0 bridgehead atoms. The summed E-state index contributed by atoms with van der Waals surface area (Å²) in [4.78, 5) is 34.3. The predicted octanol–water partition coefficient (Wildman–Crippen LogP) is 0.596. The predicted molar refractivity (Wildman–Crippen MR) is 132 cm³/mol. The average molecular weight is 530 g/mol. The Kier molecular flexibility index (Phi) is 7.10. The van der Waals surface area contributed by atoms with Crippen molar-refractivity contribution in [2.75, 3.05) is 13.7 Å². The normalized spacial score (nSPS) is 24.3. The molecule has 5 rings (SSSR count). The lowest BCUT2D eigenvalue weighted by Gasteiger charge is -2.22. The van der Waals surface area contributed by atoms with Gasteiger partial charge in [-0.15, -0.1) is 0 Å². The molecule has 1 aliphatic heterocycles. The van der Waals surface area contributed by atoms with Gasteiger partial charge < -0.3 is 34.7 Å². The summed E-state index contributed by atoms with van der Waals surface area (Å²) in [6.45, 7) is -0.517. The zero-order chi connectivity index (χ0) is 26.2. The molecule has 4 heterocycles. The van der Waals surface area contributed by atoms with Gasteiger partial charge in [0.15, 0.2) is 6.23 Å². The van der Waals surface area contributed by atoms with E-state index in [-0.39, 0.29) is 6.42 Å². The Morgan fingerprint density at radius 2 is 2.11 bits per heavy atom. The van der Waals surface area contributed by atoms with Crippen molar-refractivity contribution in [3.63, 3.8) is 0 Å². The third-order valence-corrected chi connectivity index (χ3v) is 7.52. The van der Waals surface area contributed by atoms with Crippen molar-refractivity contribution in [2.45, 2.75) is 37.0 Å². The highest BCUT2D eigenvalue weighted by Gasteiger charge is 2.45. The first-order valence-electron chi connectivity index (χ1n) is 11.6. The molecule has 3 aromatic heterocycles. The Labute approximate surface area is 211 Å². The zero-order valence-electron chi connectivity index (χ0n) is 19.8. The number of nitrogens with zero attached hydrogens (tertiary/aromatic N) is 3. The van der Waals surface area contributed by atoms with Crippen molar-refractivity contribution in [3.05, 3.63) is 60.8 Å². The third kappa shape index (κ3) is 5.15. The fourth-order valence-electron chi connectivity index (χ4n) is 4.48. The van der Waals surface area contributed by atoms with Crippen LogP contribution in [0.5, 0.6) is 0 Å². The van der Waals surface area contributed by atoms with Crippen molar-refractivity contribution < 1.29 is 33.7 Å². The van der Waals surface area contributed by atoms with Gasteiger partial charge in [0.25, 0.3) is 0 Å². The second-order valence-electron chi connectivity index (χ2n) is 8.74. The molecular formula is C23H27N6O7P. The number of likely N-dealkylation sites (N-methyl/N-ethyl adjacent to an activating group) is 1. The standard InChI is InChI=1S/C23H27N6O7P/c1-24-22(32)16(8-13-9-26-15-5-3-2-4-14(13)15)28-37(33,34)35-11-19-20(30)21(31)23(36-19)29-12-27-17-10-25-7-6-18(17)29/h2-7,9-10,12,16,19-21,23,26,30-31H,8,11H2,1H3,(H,24,32)(H2,28,33,34). The summed E-state index contributed by atoms with van der Waals surface area (Å²) < 4.78 is 25.4. The molecule has 196 valence electrons. The maximum absolute atomic E-state index is 12.9. The van der Waals surface area contributed by atoms with E-state index in [9.17, 15) is 24.5 Å². The van der Waals surface area contributed by atoms with Gasteiger partial charge >= 0.3 is 7.75 Å². The van der Waals surface area contributed by atoms with Crippen molar-refractivity contribution in [2.24, 2.45) is 0 Å². The number of carbonyl (C=O) groups excluding carboxylic acids is 1. The highest BCUT2D eigenvalue weighted by molar-refractivity contribution is 7.50. The summed E-state index contributed by atoms with van der Waals surface area (Å²) in [5, 5.41) is 26.9. The molecular weight excluding hydrogens is 503 g/mol. The van der Waals surface area contributed by atoms with Gasteiger partial charge in [-0.05, 0) is 24.1 Å². The molecule has 0 saturated carbocycles.